The number of aromatic amines is 1. The molecule has 5 rings (SSSR count). The van der Waals surface area contributed by atoms with Crippen molar-refractivity contribution >= 4 is 50.8 Å². The summed E-state index contributed by atoms with van der Waals surface area (Å²) >= 11 is 7.44. The van der Waals surface area contributed by atoms with Gasteiger partial charge in [-0.15, -0.1) is 11.3 Å². The van der Waals surface area contributed by atoms with Gasteiger partial charge in [-0.1, -0.05) is 23.7 Å². The van der Waals surface area contributed by atoms with Crippen molar-refractivity contribution in [3.8, 4) is 0 Å². The van der Waals surface area contributed by atoms with Crippen LogP contribution in [0.1, 0.15) is 49.9 Å². The van der Waals surface area contributed by atoms with Crippen LogP contribution in [-0.4, -0.2) is 39.8 Å². The van der Waals surface area contributed by atoms with Crippen molar-refractivity contribution in [2.24, 2.45) is 0 Å². The normalized spacial score (nSPS) is 14.5. The SMILES string of the molecule is Cc1cc(NC(=O)c2ccccc2Cl)sc1C(=O)N1CCC(c2c[nH]c3ncccc23)CC1. The zero-order chi connectivity index (χ0) is 22.9. The fraction of sp³-hybridized carbons (Fsp3) is 0.240. The lowest BCUT2D eigenvalue weighted by Gasteiger charge is -2.32. The number of nitrogens with zero attached hydrogens (tertiary/aromatic N) is 2. The van der Waals surface area contributed by atoms with Gasteiger partial charge < -0.3 is 15.2 Å². The summed E-state index contributed by atoms with van der Waals surface area (Å²) in [5.74, 6) is 0.145. The molecule has 0 atom stereocenters. The number of aromatic nitrogens is 2. The number of rotatable bonds is 4. The van der Waals surface area contributed by atoms with Crippen molar-refractivity contribution in [1.82, 2.24) is 14.9 Å². The largest absolute Gasteiger partial charge is 0.346 e. The average molecular weight is 479 g/mol. The molecular weight excluding hydrogens is 456 g/mol. The van der Waals surface area contributed by atoms with Gasteiger partial charge >= 0.3 is 0 Å². The summed E-state index contributed by atoms with van der Waals surface area (Å²) in [5.41, 5.74) is 3.46. The third-order valence-corrected chi connectivity index (χ3v) is 7.64. The van der Waals surface area contributed by atoms with Gasteiger partial charge in [0.05, 0.1) is 20.5 Å². The van der Waals surface area contributed by atoms with Crippen LogP contribution in [0.4, 0.5) is 5.00 Å². The van der Waals surface area contributed by atoms with Gasteiger partial charge in [-0.25, -0.2) is 4.98 Å². The monoisotopic (exact) mass is 478 g/mol. The summed E-state index contributed by atoms with van der Waals surface area (Å²) in [5, 5.41) is 5.08. The molecule has 4 aromatic rings. The Bertz CT molecular complexity index is 1340. The van der Waals surface area contributed by atoms with E-state index in [1.54, 1.807) is 30.5 Å². The van der Waals surface area contributed by atoms with E-state index < -0.39 is 0 Å². The first-order valence-corrected chi connectivity index (χ1v) is 12.1. The van der Waals surface area contributed by atoms with Gasteiger partial charge in [0, 0.05) is 30.9 Å². The lowest BCUT2D eigenvalue weighted by Crippen LogP contribution is -2.37. The number of thiophene rings is 1. The van der Waals surface area contributed by atoms with Gasteiger partial charge in [-0.3, -0.25) is 9.59 Å². The molecule has 1 saturated heterocycles. The van der Waals surface area contributed by atoms with E-state index in [4.69, 9.17) is 11.6 Å². The highest BCUT2D eigenvalue weighted by molar-refractivity contribution is 7.18. The average Bonchev–Trinajstić information content (AvgIpc) is 3.42. The van der Waals surface area contributed by atoms with E-state index in [2.05, 4.69) is 27.5 Å². The van der Waals surface area contributed by atoms with Gasteiger partial charge in [0.15, 0.2) is 0 Å². The Balaban J connectivity index is 1.25. The minimum atomic E-state index is -0.283. The van der Waals surface area contributed by atoms with E-state index in [0.717, 1.165) is 29.4 Å². The van der Waals surface area contributed by atoms with E-state index in [1.165, 1.54) is 16.9 Å². The standard InChI is InChI=1S/C25H23ClN4O2S/c1-15-13-21(29-24(31)18-5-2-3-7-20(18)26)33-22(15)25(32)30-11-8-16(9-12-30)19-14-28-23-17(19)6-4-10-27-23/h2-7,10,13-14,16H,8-9,11-12H2,1H3,(H,27,28)(H,29,31). The highest BCUT2D eigenvalue weighted by Crippen LogP contribution is 2.34. The molecule has 2 N–H and O–H groups in total. The van der Waals surface area contributed by atoms with Crippen molar-refractivity contribution < 1.29 is 9.59 Å². The molecule has 6 nitrogen and oxygen atoms in total. The molecule has 0 saturated carbocycles. The number of halogens is 1. The molecule has 8 heteroatoms. The second-order valence-corrected chi connectivity index (χ2v) is 9.73. The van der Waals surface area contributed by atoms with Gasteiger partial charge in [-0.05, 0) is 67.1 Å². The summed E-state index contributed by atoms with van der Waals surface area (Å²) in [6.07, 6.45) is 5.66. The molecule has 0 unspecified atom stereocenters. The molecule has 33 heavy (non-hydrogen) atoms. The molecule has 2 amide bonds. The van der Waals surface area contributed by atoms with Gasteiger partial charge in [0.1, 0.15) is 5.65 Å². The summed E-state index contributed by atoms with van der Waals surface area (Å²) in [6, 6.07) is 12.8. The topological polar surface area (TPSA) is 78.1 Å². The number of carbonyl (C=O) groups is 2. The number of hydrogen-bond donors (Lipinski definition) is 2. The number of carbonyl (C=O) groups excluding carboxylic acids is 2. The number of aryl methyl sites for hydroxylation is 1. The molecule has 4 heterocycles. The van der Waals surface area contributed by atoms with Crippen molar-refractivity contribution in [3.63, 3.8) is 0 Å². The van der Waals surface area contributed by atoms with Crippen LogP contribution >= 0.6 is 22.9 Å². The Morgan fingerprint density at radius 3 is 2.76 bits per heavy atom. The minimum absolute atomic E-state index is 0.0229. The van der Waals surface area contributed by atoms with Crippen molar-refractivity contribution in [3.05, 3.63) is 81.4 Å². The fourth-order valence-corrected chi connectivity index (χ4v) is 5.69. The van der Waals surface area contributed by atoms with Crippen molar-refractivity contribution in [1.29, 1.82) is 0 Å². The summed E-state index contributed by atoms with van der Waals surface area (Å²) in [7, 11) is 0. The first-order valence-electron chi connectivity index (χ1n) is 10.9. The smallest absolute Gasteiger partial charge is 0.264 e. The fourth-order valence-electron chi connectivity index (χ4n) is 4.43. The van der Waals surface area contributed by atoms with E-state index >= 15 is 0 Å². The zero-order valence-electron chi connectivity index (χ0n) is 18.1. The van der Waals surface area contributed by atoms with E-state index in [-0.39, 0.29) is 11.8 Å². The van der Waals surface area contributed by atoms with Gasteiger partial charge in [0.25, 0.3) is 11.8 Å². The Hall–Kier alpha value is -3.16. The number of fused-ring (bicyclic) bond motifs is 1. The van der Waals surface area contributed by atoms with Crippen LogP contribution in [0.2, 0.25) is 5.02 Å². The highest BCUT2D eigenvalue weighted by Gasteiger charge is 2.28. The number of nitrogens with one attached hydrogen (secondary N) is 2. The van der Waals surface area contributed by atoms with Crippen LogP contribution in [0.5, 0.6) is 0 Å². The molecule has 0 spiro atoms. The zero-order valence-corrected chi connectivity index (χ0v) is 19.7. The van der Waals surface area contributed by atoms with E-state index in [0.29, 0.717) is 39.5 Å². The molecule has 0 aliphatic carbocycles. The van der Waals surface area contributed by atoms with E-state index in [1.807, 2.05) is 24.0 Å². The third-order valence-electron chi connectivity index (χ3n) is 6.17. The highest BCUT2D eigenvalue weighted by atomic mass is 35.5. The van der Waals surface area contributed by atoms with Crippen molar-refractivity contribution in [2.45, 2.75) is 25.7 Å². The minimum Gasteiger partial charge on any atom is -0.346 e. The Morgan fingerprint density at radius 2 is 1.97 bits per heavy atom. The molecule has 1 aromatic carbocycles. The number of piperidine rings is 1. The number of benzene rings is 1. The maximum absolute atomic E-state index is 13.2. The lowest BCUT2D eigenvalue weighted by molar-refractivity contribution is 0.0717. The first kappa shape index (κ1) is 21.7. The lowest BCUT2D eigenvalue weighted by atomic mass is 9.89. The molecule has 1 aliphatic rings. The van der Waals surface area contributed by atoms with Crippen LogP contribution < -0.4 is 5.32 Å². The van der Waals surface area contributed by atoms with E-state index in [9.17, 15) is 9.59 Å². The van der Waals surface area contributed by atoms with Crippen LogP contribution in [0.3, 0.4) is 0 Å². The maximum Gasteiger partial charge on any atom is 0.264 e. The molecule has 0 radical (unpaired) electrons. The summed E-state index contributed by atoms with van der Waals surface area (Å²) in [6.45, 7) is 3.31. The second-order valence-electron chi connectivity index (χ2n) is 8.27. The number of hydrogen-bond acceptors (Lipinski definition) is 4. The molecule has 1 fully saturated rings. The molecule has 168 valence electrons. The van der Waals surface area contributed by atoms with Crippen LogP contribution in [0.25, 0.3) is 11.0 Å². The Kier molecular flexibility index (Phi) is 5.91. The molecular formula is C25H23ClN4O2S. The van der Waals surface area contributed by atoms with Gasteiger partial charge in [0.2, 0.25) is 0 Å². The predicted molar refractivity (Wildman–Crippen MR) is 132 cm³/mol. The maximum atomic E-state index is 13.2. The number of pyridine rings is 1. The molecule has 0 bridgehead atoms. The Labute approximate surface area is 200 Å². The van der Waals surface area contributed by atoms with Crippen molar-refractivity contribution in [2.75, 3.05) is 18.4 Å². The van der Waals surface area contributed by atoms with Crippen LogP contribution in [0.15, 0.2) is 54.9 Å². The first-order chi connectivity index (χ1) is 16.0. The third kappa shape index (κ3) is 4.26. The second kappa shape index (κ2) is 9.00. The summed E-state index contributed by atoms with van der Waals surface area (Å²) < 4.78 is 0. The van der Waals surface area contributed by atoms with Crippen LogP contribution in [-0.2, 0) is 0 Å². The molecule has 1 aliphatic heterocycles. The number of likely N-dealkylation sites (tertiary alicyclic amines) is 1. The van der Waals surface area contributed by atoms with Gasteiger partial charge in [-0.2, -0.15) is 0 Å². The quantitative estimate of drug-likeness (QED) is 0.385. The van der Waals surface area contributed by atoms with Crippen LogP contribution in [0, 0.1) is 6.92 Å². The number of anilines is 1. The number of amides is 2. The predicted octanol–water partition coefficient (Wildman–Crippen LogP) is 5.86. The Morgan fingerprint density at radius 1 is 1.18 bits per heavy atom. The number of H-pyrrole nitrogens is 1. The molecule has 3 aromatic heterocycles. The summed E-state index contributed by atoms with van der Waals surface area (Å²) in [4.78, 5) is 36.0.